The first-order chi connectivity index (χ1) is 14.8. The van der Waals surface area contributed by atoms with Crippen molar-refractivity contribution < 1.29 is 9.59 Å². The van der Waals surface area contributed by atoms with E-state index in [1.165, 1.54) is 11.3 Å². The summed E-state index contributed by atoms with van der Waals surface area (Å²) >= 11 is 1.45. The van der Waals surface area contributed by atoms with Crippen molar-refractivity contribution in [3.05, 3.63) is 63.6 Å². The van der Waals surface area contributed by atoms with Gasteiger partial charge in [-0.1, -0.05) is 32.0 Å². The lowest BCUT2D eigenvalue weighted by Crippen LogP contribution is -2.43. The molecule has 5 rings (SSSR count). The van der Waals surface area contributed by atoms with E-state index in [1.54, 1.807) is 6.20 Å². The summed E-state index contributed by atoms with van der Waals surface area (Å²) in [7, 11) is 1.91. The van der Waals surface area contributed by atoms with Gasteiger partial charge in [0, 0.05) is 37.6 Å². The molecule has 0 radical (unpaired) electrons. The van der Waals surface area contributed by atoms with E-state index in [4.69, 9.17) is 0 Å². The van der Waals surface area contributed by atoms with Gasteiger partial charge in [-0.25, -0.2) is 9.97 Å². The molecule has 0 saturated carbocycles. The lowest BCUT2D eigenvalue weighted by molar-refractivity contribution is -0.121. The van der Waals surface area contributed by atoms with Crippen LogP contribution in [0.15, 0.2) is 36.7 Å². The van der Waals surface area contributed by atoms with Crippen molar-refractivity contribution >= 4 is 28.8 Å². The second-order valence-corrected chi connectivity index (χ2v) is 9.67. The van der Waals surface area contributed by atoms with Gasteiger partial charge in [-0.05, 0) is 25.0 Å². The summed E-state index contributed by atoms with van der Waals surface area (Å²) in [6.45, 7) is 6.52. The average molecular weight is 436 g/mol. The van der Waals surface area contributed by atoms with Gasteiger partial charge in [-0.2, -0.15) is 0 Å². The van der Waals surface area contributed by atoms with E-state index in [0.29, 0.717) is 23.7 Å². The number of hydrogen-bond acceptors (Lipinski definition) is 5. The van der Waals surface area contributed by atoms with Gasteiger partial charge in [-0.3, -0.25) is 9.59 Å². The summed E-state index contributed by atoms with van der Waals surface area (Å²) in [4.78, 5) is 38.9. The van der Waals surface area contributed by atoms with Crippen LogP contribution in [0.5, 0.6) is 0 Å². The number of anilines is 1. The number of likely N-dealkylation sites (tertiary alicyclic amines) is 1. The maximum Gasteiger partial charge on any atom is 0.266 e. The zero-order chi connectivity index (χ0) is 21.9. The number of amides is 2. The molecule has 2 amide bonds. The van der Waals surface area contributed by atoms with Crippen LogP contribution in [0.1, 0.15) is 64.0 Å². The van der Waals surface area contributed by atoms with Gasteiger partial charge in [0.25, 0.3) is 5.91 Å². The second-order valence-electron chi connectivity index (χ2n) is 8.64. The Morgan fingerprint density at radius 3 is 2.77 bits per heavy atom. The molecule has 2 aliphatic rings. The number of carbonyl (C=O) groups excluding carboxylic acids is 2. The third kappa shape index (κ3) is 2.77. The van der Waals surface area contributed by atoms with E-state index in [0.717, 1.165) is 22.0 Å². The van der Waals surface area contributed by atoms with Crippen molar-refractivity contribution in [3.8, 4) is 0 Å². The fourth-order valence-corrected chi connectivity index (χ4v) is 5.92. The number of para-hydroxylation sites is 1. The molecule has 0 bridgehead atoms. The standard InChI is InChI=1S/C23H25N5O2S/c1-13(2)20-25-14(3)17(31-20)21(29)28-11-9-23(18(28)19-24-10-12-27(19)4)15-7-5-6-8-16(15)26-22(23)30/h5-8,10,12-13,18H,9,11H2,1-4H3,(H,26,30)/t18-,23+/m0/s1. The third-order valence-corrected chi connectivity index (χ3v) is 7.90. The molecule has 31 heavy (non-hydrogen) atoms. The van der Waals surface area contributed by atoms with Crippen molar-refractivity contribution in [1.82, 2.24) is 19.4 Å². The summed E-state index contributed by atoms with van der Waals surface area (Å²) in [6, 6.07) is 7.28. The van der Waals surface area contributed by atoms with Crippen LogP contribution in [0, 0.1) is 6.92 Å². The highest BCUT2D eigenvalue weighted by atomic mass is 32.1. The summed E-state index contributed by atoms with van der Waals surface area (Å²) in [5.74, 6) is 0.821. The lowest BCUT2D eigenvalue weighted by atomic mass is 9.74. The Morgan fingerprint density at radius 1 is 1.32 bits per heavy atom. The number of imidazole rings is 1. The fourth-order valence-electron chi connectivity index (χ4n) is 4.90. The number of hydrogen-bond donors (Lipinski definition) is 1. The van der Waals surface area contributed by atoms with Crippen molar-refractivity contribution in [3.63, 3.8) is 0 Å². The minimum absolute atomic E-state index is 0.0686. The number of fused-ring (bicyclic) bond motifs is 2. The molecule has 7 nitrogen and oxygen atoms in total. The summed E-state index contributed by atoms with van der Waals surface area (Å²) in [5, 5.41) is 4.00. The lowest BCUT2D eigenvalue weighted by Gasteiger charge is -2.33. The van der Waals surface area contributed by atoms with Crippen LogP contribution < -0.4 is 5.32 Å². The molecule has 1 aromatic carbocycles. The number of nitrogens with zero attached hydrogens (tertiary/aromatic N) is 4. The number of benzene rings is 1. The normalized spacial score (nSPS) is 22.4. The Hall–Kier alpha value is -3.00. The molecule has 2 aliphatic heterocycles. The number of rotatable bonds is 3. The topological polar surface area (TPSA) is 80.1 Å². The first-order valence-electron chi connectivity index (χ1n) is 10.5. The largest absolute Gasteiger partial charge is 0.336 e. The molecule has 1 N–H and O–H groups in total. The number of nitrogens with one attached hydrogen (secondary N) is 1. The van der Waals surface area contributed by atoms with Gasteiger partial charge in [-0.15, -0.1) is 11.3 Å². The molecule has 1 saturated heterocycles. The molecule has 2 aromatic heterocycles. The highest BCUT2D eigenvalue weighted by Gasteiger charge is 2.60. The quantitative estimate of drug-likeness (QED) is 0.679. The Kier molecular flexibility index (Phi) is 4.51. The fraction of sp³-hybridized carbons (Fsp3) is 0.391. The molecule has 8 heteroatoms. The van der Waals surface area contributed by atoms with E-state index in [9.17, 15) is 9.59 Å². The second kappa shape index (κ2) is 7.02. The number of carbonyl (C=O) groups is 2. The van der Waals surface area contributed by atoms with Crippen LogP contribution in [-0.2, 0) is 17.3 Å². The first kappa shape index (κ1) is 19.9. The monoisotopic (exact) mass is 435 g/mol. The molecule has 0 unspecified atom stereocenters. The van der Waals surface area contributed by atoms with Crippen LogP contribution in [0.25, 0.3) is 0 Å². The van der Waals surface area contributed by atoms with Crippen LogP contribution in [0.3, 0.4) is 0 Å². The average Bonchev–Trinajstić information content (AvgIpc) is 3.49. The minimum Gasteiger partial charge on any atom is -0.336 e. The van der Waals surface area contributed by atoms with Crippen molar-refractivity contribution in [2.75, 3.05) is 11.9 Å². The summed E-state index contributed by atoms with van der Waals surface area (Å²) < 4.78 is 1.91. The van der Waals surface area contributed by atoms with Gasteiger partial charge < -0.3 is 14.8 Å². The van der Waals surface area contributed by atoms with Gasteiger partial charge in [0.05, 0.1) is 10.7 Å². The van der Waals surface area contributed by atoms with Crippen LogP contribution in [-0.4, -0.2) is 37.8 Å². The highest BCUT2D eigenvalue weighted by molar-refractivity contribution is 7.13. The molecule has 1 spiro atoms. The van der Waals surface area contributed by atoms with Gasteiger partial charge >= 0.3 is 0 Å². The van der Waals surface area contributed by atoms with Crippen LogP contribution >= 0.6 is 11.3 Å². The minimum atomic E-state index is -0.856. The Balaban J connectivity index is 1.65. The Labute approximate surface area is 185 Å². The molecular formula is C23H25N5O2S. The number of aromatic nitrogens is 3. The molecule has 0 aliphatic carbocycles. The number of thiazole rings is 1. The maximum absolute atomic E-state index is 13.8. The van der Waals surface area contributed by atoms with Crippen molar-refractivity contribution in [1.29, 1.82) is 0 Å². The number of aryl methyl sites for hydroxylation is 2. The summed E-state index contributed by atoms with van der Waals surface area (Å²) in [5.41, 5.74) is 1.64. The molecule has 160 valence electrons. The third-order valence-electron chi connectivity index (χ3n) is 6.45. The predicted molar refractivity (Wildman–Crippen MR) is 119 cm³/mol. The van der Waals surface area contributed by atoms with Crippen LogP contribution in [0.2, 0.25) is 0 Å². The maximum atomic E-state index is 13.8. The Morgan fingerprint density at radius 2 is 2.10 bits per heavy atom. The smallest absolute Gasteiger partial charge is 0.266 e. The zero-order valence-corrected chi connectivity index (χ0v) is 18.9. The van der Waals surface area contributed by atoms with Gasteiger partial charge in [0.1, 0.15) is 22.2 Å². The molecule has 4 heterocycles. The summed E-state index contributed by atoms with van der Waals surface area (Å²) in [6.07, 6.45) is 4.13. The van der Waals surface area contributed by atoms with Crippen molar-refractivity contribution in [2.24, 2.45) is 7.05 Å². The van der Waals surface area contributed by atoms with E-state index >= 15 is 0 Å². The van der Waals surface area contributed by atoms with E-state index < -0.39 is 11.5 Å². The SMILES string of the molecule is Cc1nc(C(C)C)sc1C(=O)N1CC[C@]2(C(=O)Nc3ccccc32)[C@@H]1c1nccn1C. The molecule has 3 aromatic rings. The molecule has 2 atom stereocenters. The van der Waals surface area contributed by atoms with E-state index in [2.05, 4.69) is 29.1 Å². The predicted octanol–water partition coefficient (Wildman–Crippen LogP) is 3.79. The van der Waals surface area contributed by atoms with Crippen LogP contribution in [0.4, 0.5) is 5.69 Å². The zero-order valence-electron chi connectivity index (χ0n) is 18.0. The van der Waals surface area contributed by atoms with Gasteiger partial charge in [0.2, 0.25) is 5.91 Å². The van der Waals surface area contributed by atoms with Gasteiger partial charge in [0.15, 0.2) is 0 Å². The van der Waals surface area contributed by atoms with E-state index in [-0.39, 0.29) is 17.7 Å². The highest BCUT2D eigenvalue weighted by Crippen LogP contribution is 2.54. The van der Waals surface area contributed by atoms with E-state index in [1.807, 2.05) is 53.9 Å². The molecular weight excluding hydrogens is 410 g/mol. The molecule has 1 fully saturated rings. The Bertz CT molecular complexity index is 1200. The first-order valence-corrected chi connectivity index (χ1v) is 11.3. The van der Waals surface area contributed by atoms with Crippen molar-refractivity contribution in [2.45, 2.75) is 44.6 Å².